The molecule has 1 heterocycles. The summed E-state index contributed by atoms with van der Waals surface area (Å²) in [7, 11) is 0. The molecule has 1 N–H and O–H groups in total. The van der Waals surface area contributed by atoms with Crippen LogP contribution in [0, 0.1) is 0 Å². The molecule has 0 atom stereocenters. The SMILES string of the molecule is C=CC(=O)NCCCN(CC)C(=O)CCn1cc[n+](CCCCCCCCCCCC)c1. The van der Waals surface area contributed by atoms with Crippen molar-refractivity contribution in [3.8, 4) is 0 Å². The van der Waals surface area contributed by atoms with Crippen LogP contribution in [0.1, 0.15) is 90.9 Å². The minimum atomic E-state index is -0.168. The quantitative estimate of drug-likeness (QED) is 0.180. The van der Waals surface area contributed by atoms with Crippen molar-refractivity contribution in [1.82, 2.24) is 14.8 Å². The van der Waals surface area contributed by atoms with Gasteiger partial charge < -0.3 is 10.2 Å². The summed E-state index contributed by atoms with van der Waals surface area (Å²) >= 11 is 0. The molecule has 6 nitrogen and oxygen atoms in total. The fraction of sp³-hybridized carbons (Fsp3) is 0.731. The van der Waals surface area contributed by atoms with Crippen molar-refractivity contribution in [2.24, 2.45) is 0 Å². The number of hydrogen-bond donors (Lipinski definition) is 1. The van der Waals surface area contributed by atoms with Crippen LogP contribution in [0.15, 0.2) is 31.4 Å². The number of nitrogens with zero attached hydrogens (tertiary/aromatic N) is 3. The average Bonchev–Trinajstić information content (AvgIpc) is 3.26. The summed E-state index contributed by atoms with van der Waals surface area (Å²) in [6, 6.07) is 0. The number of unbranched alkanes of at least 4 members (excludes halogenated alkanes) is 9. The highest BCUT2D eigenvalue weighted by atomic mass is 16.2. The second-order valence-electron chi connectivity index (χ2n) is 8.64. The maximum Gasteiger partial charge on any atom is 0.243 e. The van der Waals surface area contributed by atoms with Crippen molar-refractivity contribution in [3.05, 3.63) is 31.4 Å². The lowest BCUT2D eigenvalue weighted by Crippen LogP contribution is -2.34. The Morgan fingerprint density at radius 1 is 1.00 bits per heavy atom. The van der Waals surface area contributed by atoms with E-state index in [1.807, 2.05) is 11.8 Å². The van der Waals surface area contributed by atoms with Gasteiger partial charge in [0.05, 0.1) is 19.5 Å². The number of aryl methyl sites for hydroxylation is 2. The van der Waals surface area contributed by atoms with Gasteiger partial charge in [-0.2, -0.15) is 0 Å². The number of nitrogens with one attached hydrogen (secondary N) is 1. The summed E-state index contributed by atoms with van der Waals surface area (Å²) in [6.45, 7) is 11.4. The van der Waals surface area contributed by atoms with Crippen LogP contribution in [0.25, 0.3) is 0 Å². The largest absolute Gasteiger partial charge is 0.353 e. The Bertz CT molecular complexity index is 642. The number of aromatic nitrogens is 2. The van der Waals surface area contributed by atoms with Crippen LogP contribution in [0.3, 0.4) is 0 Å². The zero-order valence-electron chi connectivity index (χ0n) is 20.7. The predicted octanol–water partition coefficient (Wildman–Crippen LogP) is 4.63. The van der Waals surface area contributed by atoms with E-state index in [0.717, 1.165) is 13.0 Å². The second-order valence-corrected chi connectivity index (χ2v) is 8.64. The highest BCUT2D eigenvalue weighted by molar-refractivity contribution is 5.86. The molecule has 0 spiro atoms. The minimum Gasteiger partial charge on any atom is -0.353 e. The molecule has 0 fully saturated rings. The molecule has 0 aliphatic carbocycles. The van der Waals surface area contributed by atoms with Crippen LogP contribution in [0.4, 0.5) is 0 Å². The van der Waals surface area contributed by atoms with E-state index in [1.54, 1.807) is 0 Å². The van der Waals surface area contributed by atoms with Gasteiger partial charge in [0.2, 0.25) is 18.1 Å². The van der Waals surface area contributed by atoms with Gasteiger partial charge in [-0.1, -0.05) is 64.9 Å². The molecule has 32 heavy (non-hydrogen) atoms. The molecule has 1 aromatic rings. The molecule has 0 aromatic carbocycles. The summed E-state index contributed by atoms with van der Waals surface area (Å²) in [5, 5.41) is 2.75. The van der Waals surface area contributed by atoms with E-state index in [4.69, 9.17) is 0 Å². The predicted molar refractivity (Wildman–Crippen MR) is 131 cm³/mol. The summed E-state index contributed by atoms with van der Waals surface area (Å²) in [5.41, 5.74) is 0. The molecule has 0 saturated heterocycles. The molecule has 1 rings (SSSR count). The Morgan fingerprint density at radius 2 is 1.66 bits per heavy atom. The number of carbonyl (C=O) groups excluding carboxylic acids is 2. The number of imidazole rings is 1. The van der Waals surface area contributed by atoms with Crippen molar-refractivity contribution in [1.29, 1.82) is 0 Å². The number of carbonyl (C=O) groups is 2. The monoisotopic (exact) mass is 447 g/mol. The zero-order chi connectivity index (χ0) is 23.4. The third-order valence-electron chi connectivity index (χ3n) is 5.92. The molecule has 0 saturated carbocycles. The molecular formula is C26H47N4O2+. The number of amides is 2. The summed E-state index contributed by atoms with van der Waals surface area (Å²) < 4.78 is 4.33. The van der Waals surface area contributed by atoms with E-state index < -0.39 is 0 Å². The highest BCUT2D eigenvalue weighted by Gasteiger charge is 2.13. The van der Waals surface area contributed by atoms with Gasteiger partial charge >= 0.3 is 0 Å². The molecule has 182 valence electrons. The lowest BCUT2D eigenvalue weighted by molar-refractivity contribution is -0.696. The Labute approximate surface area is 196 Å². The van der Waals surface area contributed by atoms with Gasteiger partial charge in [-0.25, -0.2) is 9.13 Å². The minimum absolute atomic E-state index is 0.164. The molecule has 0 radical (unpaired) electrons. The van der Waals surface area contributed by atoms with Gasteiger partial charge in [-0.3, -0.25) is 9.59 Å². The lowest BCUT2D eigenvalue weighted by atomic mass is 10.1. The van der Waals surface area contributed by atoms with E-state index in [-0.39, 0.29) is 11.8 Å². The first-order chi connectivity index (χ1) is 15.6. The third-order valence-corrected chi connectivity index (χ3v) is 5.92. The van der Waals surface area contributed by atoms with Crippen molar-refractivity contribution in [2.75, 3.05) is 19.6 Å². The van der Waals surface area contributed by atoms with E-state index >= 15 is 0 Å². The molecule has 0 aliphatic heterocycles. The Kier molecular flexibility index (Phi) is 16.1. The van der Waals surface area contributed by atoms with Crippen LogP contribution >= 0.6 is 0 Å². The standard InChI is InChI=1S/C26H46N4O2/c1-4-7-8-9-10-11-12-13-14-15-19-28-22-23-29(24-28)21-17-26(32)30(6-3)20-16-18-27-25(31)5-2/h5,22-24H,2,4,6-21H2,1,3H3/p+1. The van der Waals surface area contributed by atoms with Gasteiger partial charge in [0.25, 0.3) is 0 Å². The Balaban J connectivity index is 2.14. The first kappa shape index (κ1) is 27.9. The van der Waals surface area contributed by atoms with E-state index in [0.29, 0.717) is 32.6 Å². The molecule has 6 heteroatoms. The van der Waals surface area contributed by atoms with Crippen LogP contribution in [0.2, 0.25) is 0 Å². The smallest absolute Gasteiger partial charge is 0.243 e. The number of hydrogen-bond acceptors (Lipinski definition) is 2. The maximum atomic E-state index is 12.5. The van der Waals surface area contributed by atoms with Crippen LogP contribution in [-0.4, -0.2) is 40.9 Å². The lowest BCUT2D eigenvalue weighted by Gasteiger charge is -2.20. The van der Waals surface area contributed by atoms with Gasteiger partial charge in [-0.15, -0.1) is 0 Å². The third kappa shape index (κ3) is 13.3. The Morgan fingerprint density at radius 3 is 2.28 bits per heavy atom. The van der Waals surface area contributed by atoms with Crippen molar-refractivity contribution in [3.63, 3.8) is 0 Å². The summed E-state index contributed by atoms with van der Waals surface area (Å²) in [6.07, 6.45) is 22.3. The summed E-state index contributed by atoms with van der Waals surface area (Å²) in [5.74, 6) is -0.00409. The molecule has 1 aromatic heterocycles. The van der Waals surface area contributed by atoms with E-state index in [2.05, 4.69) is 46.7 Å². The molecule has 2 amide bonds. The van der Waals surface area contributed by atoms with Gasteiger partial charge in [-0.05, 0) is 32.3 Å². The fourth-order valence-electron chi connectivity index (χ4n) is 3.88. The van der Waals surface area contributed by atoms with E-state index in [1.165, 1.54) is 70.3 Å². The van der Waals surface area contributed by atoms with Gasteiger partial charge in [0, 0.05) is 19.6 Å². The van der Waals surface area contributed by atoms with Gasteiger partial charge in [0.15, 0.2) is 0 Å². The molecule has 0 aliphatic rings. The molecular weight excluding hydrogens is 400 g/mol. The van der Waals surface area contributed by atoms with Crippen LogP contribution in [0.5, 0.6) is 0 Å². The second kappa shape index (κ2) is 18.5. The zero-order valence-corrected chi connectivity index (χ0v) is 20.7. The normalized spacial score (nSPS) is 10.8. The van der Waals surface area contributed by atoms with Crippen molar-refractivity contribution >= 4 is 11.8 Å². The average molecular weight is 448 g/mol. The van der Waals surface area contributed by atoms with Crippen molar-refractivity contribution < 1.29 is 14.2 Å². The van der Waals surface area contributed by atoms with Gasteiger partial charge in [0.1, 0.15) is 12.4 Å². The fourth-order valence-corrected chi connectivity index (χ4v) is 3.88. The molecule has 0 unspecified atom stereocenters. The van der Waals surface area contributed by atoms with E-state index in [9.17, 15) is 9.59 Å². The Hall–Kier alpha value is -2.11. The highest BCUT2D eigenvalue weighted by Crippen LogP contribution is 2.10. The maximum absolute atomic E-state index is 12.5. The topological polar surface area (TPSA) is 58.2 Å². The van der Waals surface area contributed by atoms with Crippen LogP contribution in [-0.2, 0) is 22.7 Å². The first-order valence-electron chi connectivity index (χ1n) is 12.8. The first-order valence-corrected chi connectivity index (χ1v) is 12.8. The summed E-state index contributed by atoms with van der Waals surface area (Å²) in [4.78, 5) is 25.5. The number of rotatable bonds is 20. The van der Waals surface area contributed by atoms with Crippen LogP contribution < -0.4 is 9.88 Å². The molecule has 0 bridgehead atoms. The van der Waals surface area contributed by atoms with Crippen molar-refractivity contribution in [2.45, 2.75) is 104 Å².